The number of fused-ring (bicyclic) bond motifs is 3. The molecule has 4 rings (SSSR count). The van der Waals surface area contributed by atoms with Crippen molar-refractivity contribution in [1.29, 1.82) is 0 Å². The average Bonchev–Trinajstić information content (AvgIpc) is 2.65. The van der Waals surface area contributed by atoms with Crippen molar-refractivity contribution in [1.82, 2.24) is 9.47 Å². The highest BCUT2D eigenvalue weighted by Crippen LogP contribution is 2.38. The predicted octanol–water partition coefficient (Wildman–Crippen LogP) is 2.75. The lowest BCUT2D eigenvalue weighted by atomic mass is 10.0. The third-order valence-corrected chi connectivity index (χ3v) is 4.22. The van der Waals surface area contributed by atoms with Crippen LogP contribution in [0.4, 0.5) is 0 Å². The molecule has 0 spiro atoms. The maximum Gasteiger partial charge on any atom is 0.143 e. The normalized spacial score (nSPS) is 17.8. The summed E-state index contributed by atoms with van der Waals surface area (Å²) in [5.74, 6) is 1.08. The van der Waals surface area contributed by atoms with E-state index in [0.29, 0.717) is 0 Å². The topological polar surface area (TPSA) is 17.4 Å². The molecule has 2 aliphatic rings. The standard InChI is InChI=1S/C15H18N2O.ClH/c1-10-7-11-12-9-16(2)4-3-13(12)17-5-6-18-14(8-10)15(11)17;/h7-8H,3-6,9H2,1-2H3;1H. The number of hydrogen-bond acceptors (Lipinski definition) is 2. The number of benzene rings is 1. The van der Waals surface area contributed by atoms with Crippen LogP contribution in [-0.2, 0) is 19.5 Å². The van der Waals surface area contributed by atoms with Gasteiger partial charge in [0.15, 0.2) is 0 Å². The third kappa shape index (κ3) is 1.76. The number of halogens is 1. The number of aromatic nitrogens is 1. The second-order valence-electron chi connectivity index (χ2n) is 5.57. The monoisotopic (exact) mass is 278 g/mol. The smallest absolute Gasteiger partial charge is 0.143 e. The fourth-order valence-electron chi connectivity index (χ4n) is 3.42. The fourth-order valence-corrected chi connectivity index (χ4v) is 3.42. The number of aryl methyl sites for hydroxylation is 1. The van der Waals surface area contributed by atoms with Crippen LogP contribution in [0.1, 0.15) is 16.8 Å². The van der Waals surface area contributed by atoms with Crippen molar-refractivity contribution in [2.24, 2.45) is 0 Å². The molecule has 0 unspecified atom stereocenters. The van der Waals surface area contributed by atoms with E-state index in [1.807, 2.05) is 0 Å². The predicted molar refractivity (Wildman–Crippen MR) is 79.5 cm³/mol. The Morgan fingerprint density at radius 2 is 2.05 bits per heavy atom. The first-order valence-corrected chi connectivity index (χ1v) is 6.70. The van der Waals surface area contributed by atoms with Gasteiger partial charge >= 0.3 is 0 Å². The maximum atomic E-state index is 5.85. The van der Waals surface area contributed by atoms with Gasteiger partial charge in [-0.15, -0.1) is 12.4 Å². The van der Waals surface area contributed by atoms with Gasteiger partial charge in [-0.05, 0) is 37.2 Å². The lowest BCUT2D eigenvalue weighted by Gasteiger charge is -2.25. The Balaban J connectivity index is 0.00000110. The van der Waals surface area contributed by atoms with Gasteiger partial charge < -0.3 is 14.2 Å². The van der Waals surface area contributed by atoms with E-state index in [-0.39, 0.29) is 12.4 Å². The first-order chi connectivity index (χ1) is 8.74. The zero-order valence-electron chi connectivity index (χ0n) is 11.4. The molecule has 3 nitrogen and oxygen atoms in total. The zero-order chi connectivity index (χ0) is 12.3. The quantitative estimate of drug-likeness (QED) is 0.737. The van der Waals surface area contributed by atoms with Gasteiger partial charge in [-0.25, -0.2) is 0 Å². The van der Waals surface area contributed by atoms with E-state index in [9.17, 15) is 0 Å². The van der Waals surface area contributed by atoms with Gasteiger partial charge in [0.25, 0.3) is 0 Å². The van der Waals surface area contributed by atoms with E-state index in [1.165, 1.54) is 35.0 Å². The lowest BCUT2D eigenvalue weighted by Crippen LogP contribution is -2.28. The van der Waals surface area contributed by atoms with Crippen molar-refractivity contribution in [2.75, 3.05) is 20.2 Å². The molecule has 0 saturated heterocycles. The second-order valence-corrected chi connectivity index (χ2v) is 5.57. The van der Waals surface area contributed by atoms with Crippen molar-refractivity contribution >= 4 is 23.3 Å². The molecule has 2 aromatic rings. The summed E-state index contributed by atoms with van der Waals surface area (Å²) in [6, 6.07) is 4.50. The van der Waals surface area contributed by atoms with Gasteiger partial charge in [0.1, 0.15) is 12.4 Å². The SMILES string of the molecule is Cc1cc2c3c(c1)c1c(n3CCO2)CCN(C)C1.Cl. The zero-order valence-corrected chi connectivity index (χ0v) is 12.2. The molecule has 0 bridgehead atoms. The van der Waals surface area contributed by atoms with Crippen LogP contribution >= 0.6 is 12.4 Å². The first-order valence-electron chi connectivity index (χ1n) is 6.70. The summed E-state index contributed by atoms with van der Waals surface area (Å²) in [7, 11) is 2.21. The van der Waals surface area contributed by atoms with Gasteiger partial charge in [0.2, 0.25) is 0 Å². The number of nitrogens with zero attached hydrogens (tertiary/aromatic N) is 2. The Kier molecular flexibility index (Phi) is 2.99. The van der Waals surface area contributed by atoms with Crippen LogP contribution in [0, 0.1) is 6.92 Å². The summed E-state index contributed by atoms with van der Waals surface area (Å²) < 4.78 is 8.34. The maximum absolute atomic E-state index is 5.85. The highest BCUT2D eigenvalue weighted by molar-refractivity contribution is 5.91. The highest BCUT2D eigenvalue weighted by atomic mass is 35.5. The Bertz CT molecular complexity index is 647. The van der Waals surface area contributed by atoms with Crippen LogP contribution in [0.25, 0.3) is 10.9 Å². The third-order valence-electron chi connectivity index (χ3n) is 4.22. The van der Waals surface area contributed by atoms with Crippen LogP contribution in [0.5, 0.6) is 5.75 Å². The number of ether oxygens (including phenoxy) is 1. The lowest BCUT2D eigenvalue weighted by molar-refractivity contribution is 0.276. The van der Waals surface area contributed by atoms with E-state index in [2.05, 4.69) is 35.6 Å². The average molecular weight is 279 g/mol. The Labute approximate surface area is 119 Å². The van der Waals surface area contributed by atoms with Gasteiger partial charge in [-0.1, -0.05) is 0 Å². The van der Waals surface area contributed by atoms with E-state index < -0.39 is 0 Å². The molecule has 0 radical (unpaired) electrons. The summed E-state index contributed by atoms with van der Waals surface area (Å²) in [4.78, 5) is 2.41. The summed E-state index contributed by atoms with van der Waals surface area (Å²) >= 11 is 0. The van der Waals surface area contributed by atoms with Gasteiger partial charge in [0.05, 0.1) is 12.1 Å². The minimum absolute atomic E-state index is 0. The largest absolute Gasteiger partial charge is 0.490 e. The van der Waals surface area contributed by atoms with Gasteiger partial charge in [-0.2, -0.15) is 0 Å². The highest BCUT2D eigenvalue weighted by Gasteiger charge is 2.26. The second kappa shape index (κ2) is 4.43. The molecule has 0 amide bonds. The molecule has 19 heavy (non-hydrogen) atoms. The molecule has 0 aliphatic carbocycles. The van der Waals surface area contributed by atoms with Crippen molar-refractivity contribution < 1.29 is 4.74 Å². The number of hydrogen-bond donors (Lipinski definition) is 0. The van der Waals surface area contributed by atoms with Crippen molar-refractivity contribution in [2.45, 2.75) is 26.4 Å². The van der Waals surface area contributed by atoms with E-state index >= 15 is 0 Å². The summed E-state index contributed by atoms with van der Waals surface area (Å²) in [6.07, 6.45) is 1.17. The van der Waals surface area contributed by atoms with E-state index in [1.54, 1.807) is 5.69 Å². The summed E-state index contributed by atoms with van der Waals surface area (Å²) in [5.41, 5.74) is 5.69. The molecule has 0 saturated carbocycles. The number of likely N-dealkylation sites (N-methyl/N-ethyl adjacent to an activating group) is 1. The molecular weight excluding hydrogens is 260 g/mol. The summed E-state index contributed by atoms with van der Waals surface area (Å²) in [5, 5.41) is 1.41. The number of rotatable bonds is 0. The van der Waals surface area contributed by atoms with Crippen molar-refractivity contribution in [3.63, 3.8) is 0 Å². The van der Waals surface area contributed by atoms with Crippen LogP contribution in [0.15, 0.2) is 12.1 Å². The van der Waals surface area contributed by atoms with Gasteiger partial charge in [0, 0.05) is 30.6 Å². The van der Waals surface area contributed by atoms with Gasteiger partial charge in [-0.3, -0.25) is 0 Å². The molecule has 102 valence electrons. The molecule has 0 fully saturated rings. The first kappa shape index (κ1) is 12.8. The minimum Gasteiger partial charge on any atom is -0.490 e. The van der Waals surface area contributed by atoms with Crippen LogP contribution in [0.3, 0.4) is 0 Å². The Hall–Kier alpha value is -1.19. The molecule has 2 aliphatic heterocycles. The molecular formula is C15H19ClN2O. The van der Waals surface area contributed by atoms with Crippen LogP contribution < -0.4 is 4.74 Å². The minimum atomic E-state index is 0. The molecule has 1 aromatic heterocycles. The Morgan fingerprint density at radius 1 is 1.21 bits per heavy atom. The van der Waals surface area contributed by atoms with E-state index in [0.717, 1.165) is 25.4 Å². The molecule has 0 atom stereocenters. The van der Waals surface area contributed by atoms with E-state index in [4.69, 9.17) is 4.74 Å². The Morgan fingerprint density at radius 3 is 2.89 bits per heavy atom. The van der Waals surface area contributed by atoms with Crippen molar-refractivity contribution in [3.05, 3.63) is 29.0 Å². The molecule has 3 heterocycles. The molecule has 4 heteroatoms. The van der Waals surface area contributed by atoms with Crippen LogP contribution in [-0.4, -0.2) is 29.7 Å². The van der Waals surface area contributed by atoms with Crippen LogP contribution in [0.2, 0.25) is 0 Å². The molecule has 0 N–H and O–H groups in total. The summed E-state index contributed by atoms with van der Waals surface area (Å²) in [6.45, 7) is 6.21. The fraction of sp³-hybridized carbons (Fsp3) is 0.467. The molecule has 1 aromatic carbocycles. The van der Waals surface area contributed by atoms with Crippen molar-refractivity contribution in [3.8, 4) is 5.75 Å².